The van der Waals surface area contributed by atoms with Crippen LogP contribution in [0.2, 0.25) is 0 Å². The lowest BCUT2D eigenvalue weighted by molar-refractivity contribution is 0.253. The van der Waals surface area contributed by atoms with Gasteiger partial charge in [0, 0.05) is 7.05 Å². The Morgan fingerprint density at radius 1 is 1.35 bits per heavy atom. The highest BCUT2D eigenvalue weighted by Crippen LogP contribution is 2.06. The monoisotopic (exact) mass is 231 g/mol. The number of nitrogens with zero attached hydrogens (tertiary/aromatic N) is 3. The zero-order valence-electron chi connectivity index (χ0n) is 9.42. The van der Waals surface area contributed by atoms with E-state index in [1.54, 1.807) is 11.7 Å². The van der Waals surface area contributed by atoms with Gasteiger partial charge >= 0.3 is 6.03 Å². The second-order valence-electron chi connectivity index (χ2n) is 3.43. The van der Waals surface area contributed by atoms with Gasteiger partial charge in [-0.25, -0.2) is 9.48 Å². The smallest absolute Gasteiger partial charge is 0.321 e. The molecule has 88 valence electrons. The number of nitrogens with one attached hydrogen (secondary N) is 2. The molecule has 2 amide bonds. The van der Waals surface area contributed by atoms with Crippen molar-refractivity contribution in [3.05, 3.63) is 42.2 Å². The van der Waals surface area contributed by atoms with Crippen molar-refractivity contribution in [2.45, 2.75) is 6.54 Å². The van der Waals surface area contributed by atoms with Crippen LogP contribution in [0.1, 0.15) is 5.56 Å². The fraction of sp³-hybridized carbons (Fsp3) is 0.182. The van der Waals surface area contributed by atoms with Crippen molar-refractivity contribution in [2.75, 3.05) is 12.4 Å². The van der Waals surface area contributed by atoms with Crippen molar-refractivity contribution in [3.63, 3.8) is 0 Å². The molecule has 0 radical (unpaired) electrons. The maximum atomic E-state index is 11.2. The highest BCUT2D eigenvalue weighted by molar-refractivity contribution is 5.87. The molecule has 0 saturated heterocycles. The summed E-state index contributed by atoms with van der Waals surface area (Å²) in [4.78, 5) is 15.2. The van der Waals surface area contributed by atoms with Crippen molar-refractivity contribution < 1.29 is 4.79 Å². The third-order valence-electron chi connectivity index (χ3n) is 2.24. The van der Waals surface area contributed by atoms with Gasteiger partial charge in [0.05, 0.1) is 6.54 Å². The number of aromatic nitrogens is 3. The molecule has 0 aliphatic rings. The summed E-state index contributed by atoms with van der Waals surface area (Å²) in [6.07, 6.45) is 1.41. The first-order chi connectivity index (χ1) is 8.29. The van der Waals surface area contributed by atoms with Crippen LogP contribution in [-0.4, -0.2) is 27.8 Å². The number of amides is 2. The van der Waals surface area contributed by atoms with Gasteiger partial charge in [-0.2, -0.15) is 10.1 Å². The number of urea groups is 1. The molecule has 0 atom stereocenters. The van der Waals surface area contributed by atoms with Crippen LogP contribution in [0.3, 0.4) is 0 Å². The van der Waals surface area contributed by atoms with Crippen LogP contribution in [-0.2, 0) is 6.54 Å². The Morgan fingerprint density at radius 2 is 2.12 bits per heavy atom. The minimum atomic E-state index is -0.313. The van der Waals surface area contributed by atoms with Crippen LogP contribution < -0.4 is 10.6 Å². The maximum Gasteiger partial charge on any atom is 0.321 e. The molecule has 6 nitrogen and oxygen atoms in total. The van der Waals surface area contributed by atoms with E-state index >= 15 is 0 Å². The largest absolute Gasteiger partial charge is 0.341 e. The van der Waals surface area contributed by atoms with Crippen LogP contribution >= 0.6 is 0 Å². The fourth-order valence-electron chi connectivity index (χ4n) is 1.40. The normalized spacial score (nSPS) is 9.94. The first-order valence-corrected chi connectivity index (χ1v) is 5.20. The van der Waals surface area contributed by atoms with Crippen LogP contribution in [0.5, 0.6) is 0 Å². The van der Waals surface area contributed by atoms with Crippen LogP contribution in [0, 0.1) is 0 Å². The predicted molar refractivity (Wildman–Crippen MR) is 63.6 cm³/mol. The van der Waals surface area contributed by atoms with Gasteiger partial charge in [-0.3, -0.25) is 5.32 Å². The first-order valence-electron chi connectivity index (χ1n) is 5.20. The molecule has 0 bridgehead atoms. The second-order valence-corrected chi connectivity index (χ2v) is 3.43. The number of anilines is 1. The second kappa shape index (κ2) is 5.11. The van der Waals surface area contributed by atoms with E-state index < -0.39 is 0 Å². The number of rotatable bonds is 3. The van der Waals surface area contributed by atoms with Crippen LogP contribution in [0.25, 0.3) is 0 Å². The number of hydrogen-bond donors (Lipinski definition) is 2. The third-order valence-corrected chi connectivity index (χ3v) is 2.24. The molecule has 0 aliphatic carbocycles. The fourth-order valence-corrected chi connectivity index (χ4v) is 1.40. The Balaban J connectivity index is 2.12. The molecule has 2 N–H and O–H groups in total. The summed E-state index contributed by atoms with van der Waals surface area (Å²) >= 11 is 0. The molecule has 2 aromatic rings. The molecule has 1 aromatic heterocycles. The quantitative estimate of drug-likeness (QED) is 0.830. The van der Waals surface area contributed by atoms with Crippen molar-refractivity contribution >= 4 is 12.0 Å². The van der Waals surface area contributed by atoms with E-state index in [1.807, 2.05) is 30.3 Å². The highest BCUT2D eigenvalue weighted by atomic mass is 16.2. The summed E-state index contributed by atoms with van der Waals surface area (Å²) in [7, 11) is 1.55. The van der Waals surface area contributed by atoms with Crippen molar-refractivity contribution in [1.82, 2.24) is 20.1 Å². The highest BCUT2D eigenvalue weighted by Gasteiger charge is 2.07. The lowest BCUT2D eigenvalue weighted by Gasteiger charge is -2.06. The van der Waals surface area contributed by atoms with Gasteiger partial charge in [-0.1, -0.05) is 30.3 Å². The van der Waals surface area contributed by atoms with Gasteiger partial charge in [0.2, 0.25) is 5.95 Å². The number of hydrogen-bond acceptors (Lipinski definition) is 3. The van der Waals surface area contributed by atoms with Gasteiger partial charge in [0.15, 0.2) is 0 Å². The van der Waals surface area contributed by atoms with Crippen molar-refractivity contribution in [1.29, 1.82) is 0 Å². The molecule has 2 rings (SSSR count). The number of carbonyl (C=O) groups excluding carboxylic acids is 1. The SMILES string of the molecule is CNC(=O)Nc1ncnn1Cc1ccccc1. The molecule has 0 fully saturated rings. The summed E-state index contributed by atoms with van der Waals surface area (Å²) < 4.78 is 1.63. The maximum absolute atomic E-state index is 11.2. The molecule has 17 heavy (non-hydrogen) atoms. The van der Waals surface area contributed by atoms with E-state index in [1.165, 1.54) is 6.33 Å². The topological polar surface area (TPSA) is 71.8 Å². The lowest BCUT2D eigenvalue weighted by atomic mass is 10.2. The Bertz CT molecular complexity index is 494. The summed E-state index contributed by atoms with van der Waals surface area (Å²) in [5, 5.41) is 9.12. The molecule has 0 aliphatic heterocycles. The van der Waals surface area contributed by atoms with E-state index in [4.69, 9.17) is 0 Å². The van der Waals surface area contributed by atoms with Crippen molar-refractivity contribution in [2.24, 2.45) is 0 Å². The van der Waals surface area contributed by atoms with E-state index in [0.717, 1.165) is 5.56 Å². The minimum absolute atomic E-state index is 0.313. The Kier molecular flexibility index (Phi) is 3.34. The zero-order chi connectivity index (χ0) is 12.1. The molecular weight excluding hydrogens is 218 g/mol. The van der Waals surface area contributed by atoms with E-state index in [-0.39, 0.29) is 6.03 Å². The van der Waals surface area contributed by atoms with E-state index in [2.05, 4.69) is 20.7 Å². The summed E-state index contributed by atoms with van der Waals surface area (Å²) in [6, 6.07) is 9.54. The van der Waals surface area contributed by atoms with Crippen LogP contribution in [0.4, 0.5) is 10.7 Å². The van der Waals surface area contributed by atoms with E-state index in [0.29, 0.717) is 12.5 Å². The molecule has 6 heteroatoms. The number of benzene rings is 1. The average Bonchev–Trinajstić information content (AvgIpc) is 2.78. The van der Waals surface area contributed by atoms with Gasteiger partial charge in [-0.15, -0.1) is 0 Å². The number of carbonyl (C=O) groups is 1. The van der Waals surface area contributed by atoms with Gasteiger partial charge in [0.1, 0.15) is 6.33 Å². The minimum Gasteiger partial charge on any atom is -0.341 e. The van der Waals surface area contributed by atoms with Crippen molar-refractivity contribution in [3.8, 4) is 0 Å². The summed E-state index contributed by atoms with van der Waals surface area (Å²) in [5.41, 5.74) is 1.10. The summed E-state index contributed by atoms with van der Waals surface area (Å²) in [5.74, 6) is 0.424. The zero-order valence-corrected chi connectivity index (χ0v) is 9.42. The first kappa shape index (κ1) is 11.1. The average molecular weight is 231 g/mol. The van der Waals surface area contributed by atoms with E-state index in [9.17, 15) is 4.79 Å². The lowest BCUT2D eigenvalue weighted by Crippen LogP contribution is -2.26. The van der Waals surface area contributed by atoms with Gasteiger partial charge in [0.25, 0.3) is 0 Å². The van der Waals surface area contributed by atoms with Crippen LogP contribution in [0.15, 0.2) is 36.7 Å². The molecular formula is C11H13N5O. The molecule has 0 spiro atoms. The molecule has 0 saturated carbocycles. The summed E-state index contributed by atoms with van der Waals surface area (Å²) in [6.45, 7) is 0.570. The predicted octanol–water partition coefficient (Wildman–Crippen LogP) is 1.08. The molecule has 1 heterocycles. The standard InChI is InChI=1S/C11H13N5O/c1-12-11(17)15-10-13-8-14-16(10)7-9-5-3-2-4-6-9/h2-6,8H,7H2,1H3,(H2,12,13,14,15,17). The molecule has 1 aromatic carbocycles. The Morgan fingerprint density at radius 3 is 2.82 bits per heavy atom. The Hall–Kier alpha value is -2.37. The van der Waals surface area contributed by atoms with Gasteiger partial charge < -0.3 is 5.32 Å². The molecule has 0 unspecified atom stereocenters. The van der Waals surface area contributed by atoms with Gasteiger partial charge in [-0.05, 0) is 5.56 Å². The third kappa shape index (κ3) is 2.81. The Labute approximate surface area is 98.7 Å².